The van der Waals surface area contributed by atoms with Gasteiger partial charge in [-0.15, -0.1) is 0 Å². The minimum atomic E-state index is -1.32. The molecule has 1 aromatic carbocycles. The molecule has 0 radical (unpaired) electrons. The number of carboxylic acids is 1. The first kappa shape index (κ1) is 24.9. The number of ether oxygens (including phenoxy) is 2. The number of esters is 1. The number of aliphatic hydroxyl groups excluding tert-OH is 1. The molecule has 0 aliphatic carbocycles. The van der Waals surface area contributed by atoms with Crippen LogP contribution in [0.1, 0.15) is 32.3 Å². The lowest BCUT2D eigenvalue weighted by Gasteiger charge is -2.21. The van der Waals surface area contributed by atoms with Crippen molar-refractivity contribution >= 4 is 23.9 Å². The number of carbonyl (C=O) groups is 4. The molecule has 10 nitrogen and oxygen atoms in total. The molecule has 0 spiro atoms. The molecule has 30 heavy (non-hydrogen) atoms. The van der Waals surface area contributed by atoms with Crippen LogP contribution in [0.2, 0.25) is 0 Å². The first-order chi connectivity index (χ1) is 14.2. The second kappa shape index (κ2) is 13.2. The number of alkyl carbamates (subject to hydrolysis) is 1. The fourth-order valence-electron chi connectivity index (χ4n) is 2.54. The van der Waals surface area contributed by atoms with Crippen molar-refractivity contribution in [1.82, 2.24) is 10.6 Å². The first-order valence-corrected chi connectivity index (χ1v) is 9.53. The molecule has 1 aromatic rings. The van der Waals surface area contributed by atoms with Crippen LogP contribution in [0.25, 0.3) is 0 Å². The lowest BCUT2D eigenvalue weighted by molar-refractivity contribution is -0.147. The lowest BCUT2D eigenvalue weighted by Crippen LogP contribution is -2.47. The molecule has 4 N–H and O–H groups in total. The number of rotatable bonds is 12. The van der Waals surface area contributed by atoms with Crippen LogP contribution >= 0.6 is 0 Å². The van der Waals surface area contributed by atoms with E-state index in [2.05, 4.69) is 10.6 Å². The third kappa shape index (κ3) is 9.87. The molecular weight excluding hydrogens is 396 g/mol. The highest BCUT2D eigenvalue weighted by Gasteiger charge is 2.29. The number of carboxylic acid groups (broad SMARTS) is 1. The average molecular weight is 424 g/mol. The molecule has 0 aromatic heterocycles. The zero-order valence-corrected chi connectivity index (χ0v) is 17.0. The molecule has 3 atom stereocenters. The maximum atomic E-state index is 12.0. The fourth-order valence-corrected chi connectivity index (χ4v) is 2.54. The lowest BCUT2D eigenvalue weighted by atomic mass is 9.98. The molecule has 0 heterocycles. The zero-order valence-electron chi connectivity index (χ0n) is 17.0. The van der Waals surface area contributed by atoms with E-state index in [1.54, 1.807) is 31.2 Å². The number of hydrogen-bond acceptors (Lipinski definition) is 7. The standard InChI is InChI=1S/C20H28N2O8/c1-3-29-17(25)9-13(2)18(19(26)27)22-16(24)10-15(23)11-21-20(28)30-12-14-7-5-4-6-8-14/h4-8,13,15,18,23H,3,9-12H2,1-2H3,(H,21,28)(H,22,24)(H,26,27)/t13-,15-,18-/m1/s1. The van der Waals surface area contributed by atoms with E-state index in [0.29, 0.717) is 0 Å². The first-order valence-electron chi connectivity index (χ1n) is 9.53. The Kier molecular flexibility index (Phi) is 10.9. The highest BCUT2D eigenvalue weighted by atomic mass is 16.5. The molecule has 10 heteroatoms. The summed E-state index contributed by atoms with van der Waals surface area (Å²) in [7, 11) is 0. The van der Waals surface area contributed by atoms with Crippen molar-refractivity contribution in [1.29, 1.82) is 0 Å². The van der Waals surface area contributed by atoms with Crippen molar-refractivity contribution in [3.63, 3.8) is 0 Å². The van der Waals surface area contributed by atoms with E-state index in [0.717, 1.165) is 5.56 Å². The predicted molar refractivity (Wildman–Crippen MR) is 105 cm³/mol. The van der Waals surface area contributed by atoms with Gasteiger partial charge in [0, 0.05) is 6.54 Å². The molecule has 0 fully saturated rings. The largest absolute Gasteiger partial charge is 0.480 e. The summed E-state index contributed by atoms with van der Waals surface area (Å²) in [6.07, 6.45) is -2.62. The number of carbonyl (C=O) groups excluding carboxylic acids is 3. The van der Waals surface area contributed by atoms with E-state index >= 15 is 0 Å². The Hall–Kier alpha value is -3.14. The van der Waals surface area contributed by atoms with Gasteiger partial charge in [-0.25, -0.2) is 9.59 Å². The maximum absolute atomic E-state index is 12.0. The van der Waals surface area contributed by atoms with E-state index in [-0.39, 0.29) is 26.2 Å². The Balaban J connectivity index is 2.39. The Bertz CT molecular complexity index is 710. The molecule has 166 valence electrons. The molecule has 1 rings (SSSR count). The van der Waals surface area contributed by atoms with Crippen molar-refractivity contribution in [2.45, 2.75) is 45.4 Å². The molecule has 0 unspecified atom stereocenters. The molecule has 0 bridgehead atoms. The summed E-state index contributed by atoms with van der Waals surface area (Å²) in [4.78, 5) is 46.6. The zero-order chi connectivity index (χ0) is 22.5. The number of nitrogens with one attached hydrogen (secondary N) is 2. The second-order valence-electron chi connectivity index (χ2n) is 6.67. The summed E-state index contributed by atoms with van der Waals surface area (Å²) in [5.74, 6) is -3.32. The Morgan fingerprint density at radius 2 is 1.73 bits per heavy atom. The Morgan fingerprint density at radius 3 is 2.33 bits per heavy atom. The predicted octanol–water partition coefficient (Wildman–Crippen LogP) is 0.823. The van der Waals surface area contributed by atoms with Gasteiger partial charge >= 0.3 is 18.0 Å². The van der Waals surface area contributed by atoms with Gasteiger partial charge in [0.25, 0.3) is 0 Å². The minimum Gasteiger partial charge on any atom is -0.480 e. The van der Waals surface area contributed by atoms with Crippen molar-refractivity contribution in [2.24, 2.45) is 5.92 Å². The molecule has 0 aliphatic heterocycles. The topological polar surface area (TPSA) is 151 Å². The molecular formula is C20H28N2O8. The third-order valence-corrected chi connectivity index (χ3v) is 4.06. The summed E-state index contributed by atoms with van der Waals surface area (Å²) >= 11 is 0. The van der Waals surface area contributed by atoms with Crippen molar-refractivity contribution in [3.05, 3.63) is 35.9 Å². The normalized spacial score (nSPS) is 13.4. The van der Waals surface area contributed by atoms with Crippen LogP contribution < -0.4 is 10.6 Å². The smallest absolute Gasteiger partial charge is 0.407 e. The van der Waals surface area contributed by atoms with Crippen molar-refractivity contribution in [3.8, 4) is 0 Å². The number of benzene rings is 1. The van der Waals surface area contributed by atoms with E-state index in [1.807, 2.05) is 6.07 Å². The van der Waals surface area contributed by atoms with E-state index < -0.39 is 48.4 Å². The molecule has 2 amide bonds. The molecule has 0 aliphatic rings. The van der Waals surface area contributed by atoms with Crippen LogP contribution in [-0.2, 0) is 30.5 Å². The molecule has 0 saturated heterocycles. The number of hydrogen-bond donors (Lipinski definition) is 4. The summed E-state index contributed by atoms with van der Waals surface area (Å²) < 4.78 is 9.76. The van der Waals surface area contributed by atoms with E-state index in [9.17, 15) is 29.4 Å². The van der Waals surface area contributed by atoms with Gasteiger partial charge in [-0.3, -0.25) is 9.59 Å². The fraction of sp³-hybridized carbons (Fsp3) is 0.500. The van der Waals surface area contributed by atoms with Gasteiger partial charge in [0.2, 0.25) is 5.91 Å². The van der Waals surface area contributed by atoms with Gasteiger partial charge in [0.15, 0.2) is 0 Å². The van der Waals surface area contributed by atoms with Crippen LogP contribution in [0.4, 0.5) is 4.79 Å². The van der Waals surface area contributed by atoms with Gasteiger partial charge in [-0.05, 0) is 18.4 Å². The van der Waals surface area contributed by atoms with Crippen molar-refractivity contribution in [2.75, 3.05) is 13.2 Å². The second-order valence-corrected chi connectivity index (χ2v) is 6.67. The number of aliphatic hydroxyl groups is 1. The Morgan fingerprint density at radius 1 is 1.07 bits per heavy atom. The van der Waals surface area contributed by atoms with Gasteiger partial charge < -0.3 is 30.3 Å². The summed E-state index contributed by atoms with van der Waals surface area (Å²) in [6, 6.07) is 7.69. The highest BCUT2D eigenvalue weighted by Crippen LogP contribution is 2.11. The van der Waals surface area contributed by atoms with Crippen LogP contribution in [0.5, 0.6) is 0 Å². The number of amides is 2. The average Bonchev–Trinajstić information content (AvgIpc) is 2.69. The number of aliphatic carboxylic acids is 1. The van der Waals surface area contributed by atoms with Crippen LogP contribution in [0.15, 0.2) is 30.3 Å². The van der Waals surface area contributed by atoms with Gasteiger partial charge in [-0.2, -0.15) is 0 Å². The van der Waals surface area contributed by atoms with E-state index in [1.165, 1.54) is 6.92 Å². The highest BCUT2D eigenvalue weighted by molar-refractivity contribution is 5.84. The SMILES string of the molecule is CCOC(=O)C[C@@H](C)[C@@H](NC(=O)C[C@@H](O)CNC(=O)OCc1ccccc1)C(=O)O. The van der Waals surface area contributed by atoms with Crippen LogP contribution in [0.3, 0.4) is 0 Å². The van der Waals surface area contributed by atoms with Crippen molar-refractivity contribution < 1.29 is 38.9 Å². The monoisotopic (exact) mass is 424 g/mol. The van der Waals surface area contributed by atoms with Crippen LogP contribution in [-0.4, -0.2) is 59.4 Å². The summed E-state index contributed by atoms with van der Waals surface area (Å²) in [5.41, 5.74) is 0.796. The Labute approximate surface area is 174 Å². The van der Waals surface area contributed by atoms with Gasteiger partial charge in [0.1, 0.15) is 12.6 Å². The third-order valence-electron chi connectivity index (χ3n) is 4.06. The van der Waals surface area contributed by atoms with Gasteiger partial charge in [-0.1, -0.05) is 37.3 Å². The minimum absolute atomic E-state index is 0.0574. The van der Waals surface area contributed by atoms with Crippen LogP contribution in [0, 0.1) is 5.92 Å². The quantitative estimate of drug-likeness (QED) is 0.360. The maximum Gasteiger partial charge on any atom is 0.407 e. The molecule has 0 saturated carbocycles. The van der Waals surface area contributed by atoms with Gasteiger partial charge in [0.05, 0.1) is 25.6 Å². The summed E-state index contributed by atoms with van der Waals surface area (Å²) in [6.45, 7) is 3.10. The van der Waals surface area contributed by atoms with E-state index in [4.69, 9.17) is 9.47 Å². The summed E-state index contributed by atoms with van der Waals surface area (Å²) in [5, 5.41) is 23.8.